The highest BCUT2D eigenvalue weighted by Crippen LogP contribution is 2.23. The third-order valence-electron chi connectivity index (χ3n) is 0.563. The normalized spacial score (nSPS) is 12.0. The van der Waals surface area contributed by atoms with Crippen LogP contribution in [0.3, 0.4) is 0 Å². The maximum Gasteiger partial charge on any atom is 0.118 e. The molecule has 0 fully saturated rings. The predicted molar refractivity (Wildman–Crippen MR) is 34.7 cm³/mol. The number of alkyl halides is 2. The standard InChI is InChI=1S/C5H9Cl2/c1-3-4-5(2,6)7/h4H,3H2,1-2H3. The van der Waals surface area contributed by atoms with Crippen molar-refractivity contribution in [2.75, 3.05) is 0 Å². The lowest BCUT2D eigenvalue weighted by Crippen LogP contribution is -2.04. The minimum absolute atomic E-state index is 0.630. The van der Waals surface area contributed by atoms with Gasteiger partial charge in [0.05, 0.1) is 0 Å². The fraction of sp³-hybridized carbons (Fsp3) is 0.800. The molecule has 0 saturated carbocycles. The van der Waals surface area contributed by atoms with Gasteiger partial charge in [-0.3, -0.25) is 0 Å². The van der Waals surface area contributed by atoms with Crippen LogP contribution >= 0.6 is 23.2 Å². The molecule has 0 aliphatic heterocycles. The fourth-order valence-electron chi connectivity index (χ4n) is 0.358. The number of hydrogen-bond acceptors (Lipinski definition) is 0. The minimum atomic E-state index is -0.630. The van der Waals surface area contributed by atoms with Gasteiger partial charge in [-0.1, -0.05) is 13.3 Å². The maximum atomic E-state index is 5.54. The Morgan fingerprint density at radius 2 is 2.00 bits per heavy atom. The monoisotopic (exact) mass is 139 g/mol. The Morgan fingerprint density at radius 3 is 2.00 bits per heavy atom. The summed E-state index contributed by atoms with van der Waals surface area (Å²) in [6.07, 6.45) is 2.76. The molecule has 1 radical (unpaired) electrons. The number of hydrogen-bond donors (Lipinski definition) is 0. The molecule has 0 amide bonds. The second kappa shape index (κ2) is 2.78. The van der Waals surface area contributed by atoms with Gasteiger partial charge in [0.25, 0.3) is 0 Å². The van der Waals surface area contributed by atoms with E-state index in [1.165, 1.54) is 0 Å². The highest BCUT2D eigenvalue weighted by Gasteiger charge is 2.13. The van der Waals surface area contributed by atoms with Crippen molar-refractivity contribution in [2.24, 2.45) is 0 Å². The molecule has 0 aliphatic rings. The minimum Gasteiger partial charge on any atom is -0.102 e. The van der Waals surface area contributed by atoms with Crippen LogP contribution in [-0.2, 0) is 0 Å². The summed E-state index contributed by atoms with van der Waals surface area (Å²) in [5.74, 6) is 0. The quantitative estimate of drug-likeness (QED) is 0.517. The smallest absolute Gasteiger partial charge is 0.102 e. The molecule has 43 valence electrons. The highest BCUT2D eigenvalue weighted by atomic mass is 35.5. The van der Waals surface area contributed by atoms with Crippen LogP contribution in [0.4, 0.5) is 0 Å². The van der Waals surface area contributed by atoms with E-state index in [1.54, 1.807) is 6.92 Å². The van der Waals surface area contributed by atoms with Crippen LogP contribution in [0.5, 0.6) is 0 Å². The van der Waals surface area contributed by atoms with Gasteiger partial charge in [-0.25, -0.2) is 0 Å². The Balaban J connectivity index is 3.15. The first kappa shape index (κ1) is 7.58. The summed E-state index contributed by atoms with van der Waals surface area (Å²) in [6.45, 7) is 3.75. The van der Waals surface area contributed by atoms with Crippen LogP contribution in [0.2, 0.25) is 0 Å². The Kier molecular flexibility index (Phi) is 3.01. The zero-order valence-electron chi connectivity index (χ0n) is 4.54. The van der Waals surface area contributed by atoms with E-state index in [-0.39, 0.29) is 0 Å². The van der Waals surface area contributed by atoms with Gasteiger partial charge in [0.15, 0.2) is 0 Å². The molecule has 0 nitrogen and oxygen atoms in total. The number of halogens is 2. The lowest BCUT2D eigenvalue weighted by atomic mass is 10.3. The molecule has 0 atom stereocenters. The lowest BCUT2D eigenvalue weighted by molar-refractivity contribution is 0.917. The molecule has 0 saturated heterocycles. The summed E-state index contributed by atoms with van der Waals surface area (Å²) in [7, 11) is 0. The molecule has 0 spiro atoms. The second-order valence-electron chi connectivity index (χ2n) is 1.57. The van der Waals surface area contributed by atoms with E-state index in [4.69, 9.17) is 23.2 Å². The van der Waals surface area contributed by atoms with Crippen LogP contribution in [-0.4, -0.2) is 4.33 Å². The molecule has 0 N–H and O–H groups in total. The van der Waals surface area contributed by atoms with Crippen molar-refractivity contribution in [1.82, 2.24) is 0 Å². The number of rotatable bonds is 2. The van der Waals surface area contributed by atoms with Crippen molar-refractivity contribution < 1.29 is 0 Å². The van der Waals surface area contributed by atoms with Crippen LogP contribution in [0.15, 0.2) is 0 Å². The predicted octanol–water partition coefficient (Wildman–Crippen LogP) is 2.79. The average Bonchev–Trinajstić information content (AvgIpc) is 1.30. The van der Waals surface area contributed by atoms with E-state index in [1.807, 2.05) is 13.3 Å². The molecule has 2 heteroatoms. The molecule has 0 rings (SSSR count). The molecule has 0 unspecified atom stereocenters. The van der Waals surface area contributed by atoms with Gasteiger partial charge < -0.3 is 0 Å². The molecular weight excluding hydrogens is 131 g/mol. The van der Waals surface area contributed by atoms with Crippen LogP contribution < -0.4 is 0 Å². The summed E-state index contributed by atoms with van der Waals surface area (Å²) >= 11 is 11.1. The lowest BCUT2D eigenvalue weighted by Gasteiger charge is -2.08. The van der Waals surface area contributed by atoms with Crippen LogP contribution in [0.1, 0.15) is 20.3 Å². The average molecular weight is 140 g/mol. The van der Waals surface area contributed by atoms with Crippen molar-refractivity contribution in [3.63, 3.8) is 0 Å². The molecule has 0 aromatic carbocycles. The van der Waals surface area contributed by atoms with Crippen molar-refractivity contribution in [3.05, 3.63) is 6.42 Å². The van der Waals surface area contributed by atoms with Gasteiger partial charge in [0, 0.05) is 0 Å². The Labute approximate surface area is 54.8 Å². The van der Waals surface area contributed by atoms with Crippen LogP contribution in [0, 0.1) is 6.42 Å². The SMILES string of the molecule is CC[CH]C(C)(Cl)Cl. The van der Waals surface area contributed by atoms with E-state index in [9.17, 15) is 0 Å². The van der Waals surface area contributed by atoms with E-state index >= 15 is 0 Å². The summed E-state index contributed by atoms with van der Waals surface area (Å²) in [5, 5.41) is 0. The van der Waals surface area contributed by atoms with Gasteiger partial charge in [-0.05, 0) is 13.3 Å². The Hall–Kier alpha value is 0.580. The molecule has 0 aromatic rings. The summed E-state index contributed by atoms with van der Waals surface area (Å²) in [4.78, 5) is 0. The molecule has 7 heavy (non-hydrogen) atoms. The summed E-state index contributed by atoms with van der Waals surface area (Å²) in [5.41, 5.74) is 0. The Bertz CT molecular complexity index is 44.5. The summed E-state index contributed by atoms with van der Waals surface area (Å²) in [6, 6.07) is 0. The van der Waals surface area contributed by atoms with Gasteiger partial charge in [-0.2, -0.15) is 0 Å². The molecule has 0 heterocycles. The van der Waals surface area contributed by atoms with Gasteiger partial charge in [-0.15, -0.1) is 23.2 Å². The van der Waals surface area contributed by atoms with Gasteiger partial charge >= 0.3 is 0 Å². The first-order valence-electron chi connectivity index (χ1n) is 2.28. The van der Waals surface area contributed by atoms with E-state index in [0.29, 0.717) is 0 Å². The molecular formula is C5H9Cl2. The summed E-state index contributed by atoms with van der Waals surface area (Å²) < 4.78 is -0.630. The van der Waals surface area contributed by atoms with Gasteiger partial charge in [0.1, 0.15) is 4.33 Å². The van der Waals surface area contributed by atoms with Crippen molar-refractivity contribution in [3.8, 4) is 0 Å². The zero-order chi connectivity index (χ0) is 5.91. The van der Waals surface area contributed by atoms with Gasteiger partial charge in [0.2, 0.25) is 0 Å². The first-order valence-corrected chi connectivity index (χ1v) is 3.04. The van der Waals surface area contributed by atoms with Crippen molar-refractivity contribution in [2.45, 2.75) is 24.6 Å². The highest BCUT2D eigenvalue weighted by molar-refractivity contribution is 6.49. The fourth-order valence-corrected chi connectivity index (χ4v) is 0.667. The van der Waals surface area contributed by atoms with Crippen LogP contribution in [0.25, 0.3) is 0 Å². The molecule has 0 aliphatic carbocycles. The first-order chi connectivity index (χ1) is 3.06. The third-order valence-corrected chi connectivity index (χ3v) is 0.871. The zero-order valence-corrected chi connectivity index (χ0v) is 6.05. The largest absolute Gasteiger partial charge is 0.118 e. The van der Waals surface area contributed by atoms with E-state index in [0.717, 1.165) is 6.42 Å². The molecule has 0 bridgehead atoms. The molecule has 0 aromatic heterocycles. The van der Waals surface area contributed by atoms with E-state index in [2.05, 4.69) is 0 Å². The Morgan fingerprint density at radius 1 is 1.57 bits per heavy atom. The third kappa shape index (κ3) is 6.58. The van der Waals surface area contributed by atoms with Crippen molar-refractivity contribution >= 4 is 23.2 Å². The maximum absolute atomic E-state index is 5.54. The second-order valence-corrected chi connectivity index (χ2v) is 3.33. The van der Waals surface area contributed by atoms with Crippen molar-refractivity contribution in [1.29, 1.82) is 0 Å². The van der Waals surface area contributed by atoms with E-state index < -0.39 is 4.33 Å². The topological polar surface area (TPSA) is 0 Å².